The first kappa shape index (κ1) is 25.1. The minimum absolute atomic E-state index is 0. The fraction of sp³-hybridized carbons (Fsp3) is 0.850. The molecule has 1 fully saturated rings. The molecule has 1 aromatic heterocycles. The highest BCUT2D eigenvalue weighted by molar-refractivity contribution is 14.0. The lowest BCUT2D eigenvalue weighted by Crippen LogP contribution is -2.46. The number of halogens is 1. The molecule has 162 valence electrons. The van der Waals surface area contributed by atoms with Crippen LogP contribution in [0.3, 0.4) is 0 Å². The Morgan fingerprint density at radius 3 is 2.79 bits per heavy atom. The van der Waals surface area contributed by atoms with Crippen LogP contribution in [0.4, 0.5) is 0 Å². The summed E-state index contributed by atoms with van der Waals surface area (Å²) >= 11 is 0. The summed E-state index contributed by atoms with van der Waals surface area (Å²) in [6, 6.07) is 0.755. The first-order valence-corrected chi connectivity index (χ1v) is 10.7. The SMILES string of the molecule is CCNC(=NCCCc1nc(C(C)C)no1)NCCN1CCCCC1CC.I. The van der Waals surface area contributed by atoms with Gasteiger partial charge in [-0.25, -0.2) is 0 Å². The predicted molar refractivity (Wildman–Crippen MR) is 126 cm³/mol. The molecule has 1 aliphatic heterocycles. The first-order chi connectivity index (χ1) is 13.1. The minimum Gasteiger partial charge on any atom is -0.357 e. The Morgan fingerprint density at radius 1 is 1.29 bits per heavy atom. The molecule has 7 nitrogen and oxygen atoms in total. The highest BCUT2D eigenvalue weighted by Gasteiger charge is 2.19. The van der Waals surface area contributed by atoms with Crippen molar-refractivity contribution in [2.45, 2.75) is 78.2 Å². The molecule has 8 heteroatoms. The second-order valence-corrected chi connectivity index (χ2v) is 7.59. The number of piperidine rings is 1. The lowest BCUT2D eigenvalue weighted by Gasteiger charge is -2.35. The molecule has 0 saturated carbocycles. The third-order valence-corrected chi connectivity index (χ3v) is 5.07. The van der Waals surface area contributed by atoms with Gasteiger partial charge in [0.2, 0.25) is 5.89 Å². The van der Waals surface area contributed by atoms with Gasteiger partial charge in [0, 0.05) is 44.6 Å². The number of nitrogens with zero attached hydrogens (tertiary/aromatic N) is 4. The summed E-state index contributed by atoms with van der Waals surface area (Å²) in [6.07, 6.45) is 6.99. The van der Waals surface area contributed by atoms with Gasteiger partial charge in [0.25, 0.3) is 0 Å². The molecule has 1 aromatic rings. The molecule has 2 heterocycles. The molecule has 0 aromatic carbocycles. The van der Waals surface area contributed by atoms with Crippen LogP contribution in [0.1, 0.15) is 77.4 Å². The van der Waals surface area contributed by atoms with Crippen molar-refractivity contribution in [3.63, 3.8) is 0 Å². The highest BCUT2D eigenvalue weighted by atomic mass is 127. The second kappa shape index (κ2) is 14.1. The van der Waals surface area contributed by atoms with E-state index in [1.54, 1.807) is 0 Å². The van der Waals surface area contributed by atoms with Crippen LogP contribution in [0, 0.1) is 0 Å². The van der Waals surface area contributed by atoms with Crippen molar-refractivity contribution < 1.29 is 4.52 Å². The number of guanidine groups is 1. The lowest BCUT2D eigenvalue weighted by molar-refractivity contribution is 0.147. The normalized spacial score (nSPS) is 18.2. The van der Waals surface area contributed by atoms with E-state index in [1.807, 2.05) is 0 Å². The summed E-state index contributed by atoms with van der Waals surface area (Å²) in [4.78, 5) is 11.7. The van der Waals surface area contributed by atoms with Gasteiger partial charge >= 0.3 is 0 Å². The molecule has 2 rings (SSSR count). The molecule has 0 amide bonds. The standard InChI is InChI=1S/C20H38N6O.HI/c1-5-17-10-7-8-14-26(17)15-13-23-20(21-6-2)22-12-9-11-18-24-19(16(3)4)25-27-18;/h16-17H,5-15H2,1-4H3,(H2,21,22,23);1H. The average Bonchev–Trinajstić information content (AvgIpc) is 3.15. The summed E-state index contributed by atoms with van der Waals surface area (Å²) in [7, 11) is 0. The van der Waals surface area contributed by atoms with E-state index < -0.39 is 0 Å². The fourth-order valence-electron chi connectivity index (χ4n) is 3.50. The van der Waals surface area contributed by atoms with Gasteiger partial charge in [-0.3, -0.25) is 9.89 Å². The first-order valence-electron chi connectivity index (χ1n) is 10.7. The van der Waals surface area contributed by atoms with Crippen LogP contribution in [0.25, 0.3) is 0 Å². The maximum Gasteiger partial charge on any atom is 0.226 e. The molecule has 1 atom stereocenters. The molecular weight excluding hydrogens is 467 g/mol. The zero-order valence-corrected chi connectivity index (χ0v) is 20.4. The summed E-state index contributed by atoms with van der Waals surface area (Å²) in [5.41, 5.74) is 0. The Hall–Kier alpha value is -0.900. The van der Waals surface area contributed by atoms with Crippen LogP contribution in [0.5, 0.6) is 0 Å². The number of rotatable bonds is 10. The Bertz CT molecular complexity index is 563. The van der Waals surface area contributed by atoms with Gasteiger partial charge in [-0.1, -0.05) is 32.3 Å². The van der Waals surface area contributed by atoms with Gasteiger partial charge in [-0.15, -0.1) is 24.0 Å². The van der Waals surface area contributed by atoms with Gasteiger partial charge in [0.15, 0.2) is 11.8 Å². The van der Waals surface area contributed by atoms with Gasteiger partial charge in [0.1, 0.15) is 0 Å². The van der Waals surface area contributed by atoms with Crippen LogP contribution in [0.2, 0.25) is 0 Å². The molecule has 0 radical (unpaired) electrons. The average molecular weight is 506 g/mol. The molecule has 0 aliphatic carbocycles. The van der Waals surface area contributed by atoms with E-state index in [-0.39, 0.29) is 24.0 Å². The molecule has 2 N–H and O–H groups in total. The number of aliphatic imine (C=N–C) groups is 1. The number of aryl methyl sites for hydroxylation is 1. The van der Waals surface area contributed by atoms with Crippen LogP contribution >= 0.6 is 24.0 Å². The Balaban J connectivity index is 0.00000392. The van der Waals surface area contributed by atoms with Gasteiger partial charge in [0.05, 0.1) is 0 Å². The van der Waals surface area contributed by atoms with Crippen LogP contribution in [-0.2, 0) is 6.42 Å². The fourth-order valence-corrected chi connectivity index (χ4v) is 3.50. The zero-order valence-electron chi connectivity index (χ0n) is 18.0. The van der Waals surface area contributed by atoms with E-state index in [4.69, 9.17) is 4.52 Å². The maximum atomic E-state index is 5.29. The maximum absolute atomic E-state index is 5.29. The van der Waals surface area contributed by atoms with Crippen molar-refractivity contribution in [2.75, 3.05) is 32.7 Å². The van der Waals surface area contributed by atoms with Crippen molar-refractivity contribution in [1.29, 1.82) is 0 Å². The largest absolute Gasteiger partial charge is 0.357 e. The Labute approximate surface area is 187 Å². The topological polar surface area (TPSA) is 78.6 Å². The van der Waals surface area contributed by atoms with E-state index in [1.165, 1.54) is 32.2 Å². The molecule has 1 unspecified atom stereocenters. The van der Waals surface area contributed by atoms with Gasteiger partial charge < -0.3 is 15.2 Å². The van der Waals surface area contributed by atoms with Crippen molar-refractivity contribution in [2.24, 2.45) is 4.99 Å². The van der Waals surface area contributed by atoms with Crippen LogP contribution in [-0.4, -0.2) is 59.8 Å². The summed E-state index contributed by atoms with van der Waals surface area (Å²) in [6.45, 7) is 13.4. The second-order valence-electron chi connectivity index (χ2n) is 7.59. The van der Waals surface area contributed by atoms with E-state index in [9.17, 15) is 0 Å². The Kier molecular flexibility index (Phi) is 12.7. The van der Waals surface area contributed by atoms with Gasteiger partial charge in [-0.2, -0.15) is 4.98 Å². The molecule has 1 aliphatic rings. The van der Waals surface area contributed by atoms with Crippen LogP contribution in [0.15, 0.2) is 9.52 Å². The number of hydrogen-bond acceptors (Lipinski definition) is 5. The third kappa shape index (κ3) is 8.63. The third-order valence-electron chi connectivity index (χ3n) is 5.07. The Morgan fingerprint density at radius 2 is 2.11 bits per heavy atom. The number of likely N-dealkylation sites (tertiary alicyclic amines) is 1. The van der Waals surface area contributed by atoms with Gasteiger partial charge in [-0.05, 0) is 39.2 Å². The van der Waals surface area contributed by atoms with Crippen molar-refractivity contribution in [3.8, 4) is 0 Å². The summed E-state index contributed by atoms with van der Waals surface area (Å²) < 4.78 is 5.29. The molecule has 0 bridgehead atoms. The molecular formula is C20H39IN6O. The lowest BCUT2D eigenvalue weighted by atomic mass is 10.0. The van der Waals surface area contributed by atoms with E-state index in [0.717, 1.165) is 56.8 Å². The molecule has 1 saturated heterocycles. The monoisotopic (exact) mass is 506 g/mol. The summed E-state index contributed by atoms with van der Waals surface area (Å²) in [5.74, 6) is 2.70. The molecule has 0 spiro atoms. The van der Waals surface area contributed by atoms with Crippen molar-refractivity contribution >= 4 is 29.9 Å². The summed E-state index contributed by atoms with van der Waals surface area (Å²) in [5, 5.41) is 10.8. The van der Waals surface area contributed by atoms with Crippen molar-refractivity contribution in [3.05, 3.63) is 11.7 Å². The number of aromatic nitrogens is 2. The number of nitrogens with one attached hydrogen (secondary N) is 2. The van der Waals surface area contributed by atoms with E-state index in [0.29, 0.717) is 11.8 Å². The quantitative estimate of drug-likeness (QED) is 0.219. The van der Waals surface area contributed by atoms with Crippen molar-refractivity contribution in [1.82, 2.24) is 25.7 Å². The minimum atomic E-state index is 0. The predicted octanol–water partition coefficient (Wildman–Crippen LogP) is 3.56. The zero-order chi connectivity index (χ0) is 19.5. The van der Waals surface area contributed by atoms with E-state index in [2.05, 4.69) is 58.4 Å². The van der Waals surface area contributed by atoms with E-state index >= 15 is 0 Å². The smallest absolute Gasteiger partial charge is 0.226 e. The highest BCUT2D eigenvalue weighted by Crippen LogP contribution is 2.18. The molecule has 28 heavy (non-hydrogen) atoms. The van der Waals surface area contributed by atoms with Crippen LogP contribution < -0.4 is 10.6 Å². The number of hydrogen-bond donors (Lipinski definition) is 2.